The molecule has 1 unspecified atom stereocenters. The molecule has 2 aromatic heterocycles. The minimum Gasteiger partial charge on any atom is -0.341 e. The van der Waals surface area contributed by atoms with E-state index in [0.717, 1.165) is 54.3 Å². The summed E-state index contributed by atoms with van der Waals surface area (Å²) in [6.45, 7) is 2.16. The van der Waals surface area contributed by atoms with Gasteiger partial charge >= 0.3 is 0 Å². The highest BCUT2D eigenvalue weighted by atomic mass is 15.0. The number of imidazole rings is 2. The van der Waals surface area contributed by atoms with Crippen LogP contribution in [0.3, 0.4) is 0 Å². The largest absolute Gasteiger partial charge is 0.341 e. The summed E-state index contributed by atoms with van der Waals surface area (Å²) in [4.78, 5) is 16.8. The molecule has 4 heterocycles. The Morgan fingerprint density at radius 2 is 1.29 bits per heavy atom. The average molecular weight is 541 g/mol. The van der Waals surface area contributed by atoms with Crippen LogP contribution in [0.15, 0.2) is 60.8 Å². The van der Waals surface area contributed by atoms with Crippen molar-refractivity contribution < 1.29 is 0 Å². The number of benzene rings is 3. The summed E-state index contributed by atoms with van der Waals surface area (Å²) in [7, 11) is 0. The van der Waals surface area contributed by atoms with E-state index < -0.39 is 0 Å². The van der Waals surface area contributed by atoms with Gasteiger partial charge in [0.2, 0.25) is 0 Å². The Hall–Kier alpha value is -3.74. The van der Waals surface area contributed by atoms with E-state index in [4.69, 9.17) is 4.98 Å². The van der Waals surface area contributed by atoms with Gasteiger partial charge in [0.15, 0.2) is 0 Å². The van der Waals surface area contributed by atoms with Crippen LogP contribution in [-0.2, 0) is 0 Å². The standard InChI is InChI=1S/C35H36N6/c1-3-28(36-15-1)34-38-19-31(41-34)21-7-5-20(6-8-21)25-12-13-26(33-24-10-9-23(17-24)32(25)33)22-11-14-27-30(18-22)40-35(39-27)29-4-2-16-37-29/h5-8,11-14,18-19,23-24,28-29,36-37H,1-4,9-10,15-17H2,(H,38,41)(H,39,40)/t23-,24+,28?,29-/m0/s1. The van der Waals surface area contributed by atoms with E-state index in [1.807, 2.05) is 6.20 Å². The Balaban J connectivity index is 1.06. The Kier molecular flexibility index (Phi) is 5.48. The van der Waals surface area contributed by atoms with Gasteiger partial charge in [0.05, 0.1) is 35.0 Å². The van der Waals surface area contributed by atoms with Crippen LogP contribution in [-0.4, -0.2) is 33.0 Å². The molecule has 3 fully saturated rings. The molecule has 9 rings (SSSR count). The molecule has 2 aliphatic heterocycles. The second-order valence-electron chi connectivity index (χ2n) is 12.6. The molecule has 2 bridgehead atoms. The second kappa shape index (κ2) is 9.40. The highest BCUT2D eigenvalue weighted by Crippen LogP contribution is 2.58. The van der Waals surface area contributed by atoms with Gasteiger partial charge < -0.3 is 20.6 Å². The van der Waals surface area contributed by atoms with Crippen molar-refractivity contribution in [2.75, 3.05) is 13.1 Å². The third-order valence-corrected chi connectivity index (χ3v) is 10.2. The number of nitrogens with zero attached hydrogens (tertiary/aromatic N) is 2. The summed E-state index contributed by atoms with van der Waals surface area (Å²) in [5.74, 6) is 3.49. The Morgan fingerprint density at radius 3 is 2.00 bits per heavy atom. The van der Waals surface area contributed by atoms with Crippen LogP contribution in [0.1, 0.15) is 91.6 Å². The molecular formula is C35H36N6. The van der Waals surface area contributed by atoms with Crippen molar-refractivity contribution in [3.8, 4) is 33.5 Å². The lowest BCUT2D eigenvalue weighted by molar-refractivity contribution is 0.613. The molecule has 0 spiro atoms. The fourth-order valence-corrected chi connectivity index (χ4v) is 8.21. The van der Waals surface area contributed by atoms with Crippen molar-refractivity contribution in [2.24, 2.45) is 0 Å². The third kappa shape index (κ3) is 3.92. The summed E-state index contributed by atoms with van der Waals surface area (Å²) >= 11 is 0. The molecule has 4 atom stereocenters. The monoisotopic (exact) mass is 540 g/mol. The zero-order chi connectivity index (χ0) is 26.9. The molecule has 1 saturated carbocycles. The van der Waals surface area contributed by atoms with E-state index in [-0.39, 0.29) is 0 Å². The lowest BCUT2D eigenvalue weighted by Gasteiger charge is -2.23. The summed E-state index contributed by atoms with van der Waals surface area (Å²) in [5, 5.41) is 7.12. The molecular weight excluding hydrogens is 504 g/mol. The third-order valence-electron chi connectivity index (χ3n) is 10.2. The molecule has 41 heavy (non-hydrogen) atoms. The molecule has 6 heteroatoms. The maximum atomic E-state index is 4.92. The molecule has 2 saturated heterocycles. The van der Waals surface area contributed by atoms with Crippen molar-refractivity contribution in [3.05, 3.63) is 83.6 Å². The molecule has 6 nitrogen and oxygen atoms in total. The molecule has 5 aromatic rings. The van der Waals surface area contributed by atoms with Crippen LogP contribution < -0.4 is 10.6 Å². The highest BCUT2D eigenvalue weighted by Gasteiger charge is 2.40. The Labute approximate surface area is 240 Å². The number of nitrogens with one attached hydrogen (secondary N) is 4. The minimum atomic E-state index is 0.358. The number of hydrogen-bond acceptors (Lipinski definition) is 4. The normalized spacial score (nSPS) is 25.0. The summed E-state index contributed by atoms with van der Waals surface area (Å²) in [6, 6.07) is 21.4. The maximum absolute atomic E-state index is 4.92. The van der Waals surface area contributed by atoms with Crippen molar-refractivity contribution >= 4 is 11.0 Å². The van der Waals surface area contributed by atoms with Crippen molar-refractivity contribution in [1.82, 2.24) is 30.6 Å². The molecule has 4 N–H and O–H groups in total. The summed E-state index contributed by atoms with van der Waals surface area (Å²) in [6.07, 6.45) is 10.7. The first-order valence-corrected chi connectivity index (χ1v) is 15.6. The number of H-pyrrole nitrogens is 2. The first-order valence-electron chi connectivity index (χ1n) is 15.6. The molecule has 4 aliphatic rings. The number of hydrogen-bond donors (Lipinski definition) is 4. The van der Waals surface area contributed by atoms with Gasteiger partial charge in [0.25, 0.3) is 0 Å². The van der Waals surface area contributed by atoms with E-state index in [9.17, 15) is 0 Å². The van der Waals surface area contributed by atoms with Gasteiger partial charge in [0.1, 0.15) is 11.6 Å². The van der Waals surface area contributed by atoms with E-state index >= 15 is 0 Å². The fraction of sp³-hybridized carbons (Fsp3) is 0.371. The van der Waals surface area contributed by atoms with Gasteiger partial charge in [-0.15, -0.1) is 0 Å². The van der Waals surface area contributed by atoms with Crippen LogP contribution in [0.2, 0.25) is 0 Å². The first kappa shape index (κ1) is 23.9. The van der Waals surface area contributed by atoms with Crippen molar-refractivity contribution in [1.29, 1.82) is 0 Å². The molecule has 0 radical (unpaired) electrons. The minimum absolute atomic E-state index is 0.358. The quantitative estimate of drug-likeness (QED) is 0.186. The predicted molar refractivity (Wildman–Crippen MR) is 164 cm³/mol. The maximum Gasteiger partial charge on any atom is 0.124 e. The van der Waals surface area contributed by atoms with E-state index in [1.165, 1.54) is 59.9 Å². The SMILES string of the molecule is c1cc(-c2ccc(-c3ccc4nc([C@@H]5CCCN5)[nH]c4c3)c3c2[C@H]2CC[C@@H]3C2)ccc1-c1cnc(C2CCCN2)[nH]1. The van der Waals surface area contributed by atoms with E-state index in [0.29, 0.717) is 23.9 Å². The van der Waals surface area contributed by atoms with Gasteiger partial charge in [0, 0.05) is 0 Å². The average Bonchev–Trinajstić information content (AvgIpc) is 3.86. The van der Waals surface area contributed by atoms with Gasteiger partial charge in [-0.25, -0.2) is 9.97 Å². The van der Waals surface area contributed by atoms with Gasteiger partial charge in [-0.2, -0.15) is 0 Å². The van der Waals surface area contributed by atoms with Gasteiger partial charge in [-0.1, -0.05) is 42.5 Å². The van der Waals surface area contributed by atoms with Crippen LogP contribution >= 0.6 is 0 Å². The van der Waals surface area contributed by atoms with Crippen molar-refractivity contribution in [3.63, 3.8) is 0 Å². The van der Waals surface area contributed by atoms with E-state index in [2.05, 4.69) is 80.2 Å². The molecule has 206 valence electrons. The van der Waals surface area contributed by atoms with Gasteiger partial charge in [-0.05, 0) is 121 Å². The van der Waals surface area contributed by atoms with Crippen molar-refractivity contribution in [2.45, 2.75) is 68.9 Å². The first-order chi connectivity index (χ1) is 20.3. The second-order valence-corrected chi connectivity index (χ2v) is 12.6. The number of fused-ring (bicyclic) bond motifs is 6. The van der Waals surface area contributed by atoms with E-state index in [1.54, 1.807) is 11.1 Å². The summed E-state index contributed by atoms with van der Waals surface area (Å²) in [5.41, 5.74) is 13.2. The molecule has 2 aliphatic carbocycles. The van der Waals surface area contributed by atoms with Crippen LogP contribution in [0.5, 0.6) is 0 Å². The number of aromatic amines is 2. The highest BCUT2D eigenvalue weighted by molar-refractivity contribution is 5.86. The topological polar surface area (TPSA) is 81.4 Å². The van der Waals surface area contributed by atoms with Gasteiger partial charge in [-0.3, -0.25) is 0 Å². The zero-order valence-electron chi connectivity index (χ0n) is 23.3. The summed E-state index contributed by atoms with van der Waals surface area (Å²) < 4.78 is 0. The smallest absolute Gasteiger partial charge is 0.124 e. The van der Waals surface area contributed by atoms with Crippen LogP contribution in [0.25, 0.3) is 44.5 Å². The lowest BCUT2D eigenvalue weighted by Crippen LogP contribution is -2.14. The molecule has 3 aromatic carbocycles. The Morgan fingerprint density at radius 1 is 0.634 bits per heavy atom. The van der Waals surface area contributed by atoms with Crippen LogP contribution in [0.4, 0.5) is 0 Å². The molecule has 0 amide bonds. The number of aromatic nitrogens is 4. The Bertz CT molecular complexity index is 1750. The predicted octanol–water partition coefficient (Wildman–Crippen LogP) is 7.50. The zero-order valence-corrected chi connectivity index (χ0v) is 23.3. The number of rotatable bonds is 5. The fourth-order valence-electron chi connectivity index (χ4n) is 8.21. The van der Waals surface area contributed by atoms with Crippen LogP contribution in [0, 0.1) is 0 Å². The lowest BCUT2D eigenvalue weighted by atomic mass is 9.81.